The second kappa shape index (κ2) is 6.61. The van der Waals surface area contributed by atoms with E-state index in [2.05, 4.69) is 0 Å². The second-order valence-electron chi connectivity index (χ2n) is 4.56. The third kappa shape index (κ3) is 4.11. The van der Waals surface area contributed by atoms with Crippen LogP contribution >= 0.6 is 0 Å². The maximum atomic E-state index is 11.5. The number of methoxy groups -OCH3 is 1. The molecule has 4 heteroatoms. The molecule has 2 aromatic carbocycles. The Morgan fingerprint density at radius 2 is 1.81 bits per heavy atom. The van der Waals surface area contributed by atoms with Gasteiger partial charge in [-0.1, -0.05) is 24.3 Å². The summed E-state index contributed by atoms with van der Waals surface area (Å²) in [6.07, 6.45) is 1.60. The van der Waals surface area contributed by atoms with Crippen molar-refractivity contribution in [3.05, 3.63) is 65.4 Å². The van der Waals surface area contributed by atoms with E-state index in [1.54, 1.807) is 31.4 Å². The minimum atomic E-state index is -0.618. The van der Waals surface area contributed by atoms with Gasteiger partial charge in [0.25, 0.3) is 5.91 Å². The number of hydrogen-bond acceptors (Lipinski definition) is 3. The highest BCUT2D eigenvalue weighted by Gasteiger charge is 2.08. The number of nitrogens with two attached hydrogens (primary N) is 1. The average Bonchev–Trinajstić information content (AvgIpc) is 2.47. The summed E-state index contributed by atoms with van der Waals surface area (Å²) in [5.74, 6) is 0.791. The number of aryl methyl sites for hydroxylation is 1. The van der Waals surface area contributed by atoms with Crippen LogP contribution in [0.3, 0.4) is 0 Å². The quantitative estimate of drug-likeness (QED) is 0.678. The first-order valence-corrected chi connectivity index (χ1v) is 6.48. The van der Waals surface area contributed by atoms with E-state index in [4.69, 9.17) is 15.2 Å². The van der Waals surface area contributed by atoms with Crippen LogP contribution in [-0.4, -0.2) is 13.0 Å². The maximum absolute atomic E-state index is 11.5. The number of rotatable bonds is 5. The van der Waals surface area contributed by atoms with Gasteiger partial charge in [-0.05, 0) is 48.4 Å². The van der Waals surface area contributed by atoms with E-state index in [1.165, 1.54) is 0 Å². The minimum Gasteiger partial charge on any atom is -0.497 e. The zero-order valence-corrected chi connectivity index (χ0v) is 12.0. The molecule has 2 rings (SSSR count). The molecule has 0 fully saturated rings. The number of hydrogen-bond donors (Lipinski definition) is 1. The number of carbonyl (C=O) groups is 1. The standard InChI is InChI=1S/C17H17NO3/c1-12-4-3-5-15(10-12)21-16(17(18)19)11-13-6-8-14(20-2)9-7-13/h3-11H,1-2H3,(H2,18,19)/b16-11-. The van der Waals surface area contributed by atoms with Crippen LogP contribution in [0, 0.1) is 6.92 Å². The van der Waals surface area contributed by atoms with Crippen molar-refractivity contribution in [1.82, 2.24) is 0 Å². The van der Waals surface area contributed by atoms with Gasteiger partial charge in [-0.2, -0.15) is 0 Å². The summed E-state index contributed by atoms with van der Waals surface area (Å²) in [6, 6.07) is 14.7. The van der Waals surface area contributed by atoms with Crippen LogP contribution in [0.15, 0.2) is 54.3 Å². The van der Waals surface area contributed by atoms with Gasteiger partial charge in [0, 0.05) is 0 Å². The molecule has 2 aromatic rings. The van der Waals surface area contributed by atoms with Gasteiger partial charge in [0.2, 0.25) is 0 Å². The second-order valence-corrected chi connectivity index (χ2v) is 4.56. The topological polar surface area (TPSA) is 61.6 Å². The molecular weight excluding hydrogens is 266 g/mol. The summed E-state index contributed by atoms with van der Waals surface area (Å²) in [7, 11) is 1.60. The molecule has 0 atom stereocenters. The van der Waals surface area contributed by atoms with Gasteiger partial charge in [-0.15, -0.1) is 0 Å². The Bertz CT molecular complexity index is 660. The Hall–Kier alpha value is -2.75. The van der Waals surface area contributed by atoms with E-state index in [0.717, 1.165) is 16.9 Å². The molecule has 0 aliphatic rings. The van der Waals surface area contributed by atoms with Gasteiger partial charge >= 0.3 is 0 Å². The molecule has 0 saturated heterocycles. The van der Waals surface area contributed by atoms with Crippen molar-refractivity contribution in [2.75, 3.05) is 7.11 Å². The zero-order valence-electron chi connectivity index (χ0n) is 12.0. The van der Waals surface area contributed by atoms with Crippen LogP contribution in [0.25, 0.3) is 6.08 Å². The Balaban J connectivity index is 2.25. The lowest BCUT2D eigenvalue weighted by Gasteiger charge is -2.08. The van der Waals surface area contributed by atoms with Crippen molar-refractivity contribution in [2.24, 2.45) is 5.73 Å². The van der Waals surface area contributed by atoms with Gasteiger partial charge in [-0.25, -0.2) is 0 Å². The van der Waals surface area contributed by atoms with Crippen molar-refractivity contribution >= 4 is 12.0 Å². The minimum absolute atomic E-state index is 0.0887. The Labute approximate surface area is 123 Å². The molecular formula is C17H17NO3. The smallest absolute Gasteiger partial charge is 0.284 e. The molecule has 0 spiro atoms. The summed E-state index contributed by atoms with van der Waals surface area (Å²) in [6.45, 7) is 1.95. The molecule has 2 N–H and O–H groups in total. The van der Waals surface area contributed by atoms with Crippen LogP contribution < -0.4 is 15.2 Å². The van der Waals surface area contributed by atoms with E-state index in [0.29, 0.717) is 5.75 Å². The van der Waals surface area contributed by atoms with Crippen LogP contribution in [0.2, 0.25) is 0 Å². The molecule has 0 heterocycles. The predicted octanol–water partition coefficient (Wildman–Crippen LogP) is 2.91. The predicted molar refractivity (Wildman–Crippen MR) is 82.0 cm³/mol. The van der Waals surface area contributed by atoms with Crippen molar-refractivity contribution < 1.29 is 14.3 Å². The average molecular weight is 283 g/mol. The molecule has 0 radical (unpaired) electrons. The summed E-state index contributed by atoms with van der Waals surface area (Å²) in [5.41, 5.74) is 7.21. The molecule has 0 bridgehead atoms. The van der Waals surface area contributed by atoms with Gasteiger partial charge in [-0.3, -0.25) is 4.79 Å². The normalized spacial score (nSPS) is 11.0. The molecule has 0 aliphatic heterocycles. The first-order valence-electron chi connectivity index (χ1n) is 6.48. The van der Waals surface area contributed by atoms with Crippen molar-refractivity contribution in [3.8, 4) is 11.5 Å². The molecule has 0 aliphatic carbocycles. The van der Waals surface area contributed by atoms with Gasteiger partial charge in [0.1, 0.15) is 11.5 Å². The number of amides is 1. The van der Waals surface area contributed by atoms with E-state index in [1.807, 2.05) is 37.3 Å². The van der Waals surface area contributed by atoms with Gasteiger partial charge < -0.3 is 15.2 Å². The summed E-state index contributed by atoms with van der Waals surface area (Å²) < 4.78 is 10.7. The summed E-state index contributed by atoms with van der Waals surface area (Å²) in [4.78, 5) is 11.5. The molecule has 4 nitrogen and oxygen atoms in total. The molecule has 21 heavy (non-hydrogen) atoms. The first kappa shape index (κ1) is 14.7. The third-order valence-corrected chi connectivity index (χ3v) is 2.87. The molecule has 108 valence electrons. The fraction of sp³-hybridized carbons (Fsp3) is 0.118. The summed E-state index contributed by atoms with van der Waals surface area (Å²) >= 11 is 0. The first-order chi connectivity index (χ1) is 10.1. The van der Waals surface area contributed by atoms with Gasteiger partial charge in [0.15, 0.2) is 5.76 Å². The van der Waals surface area contributed by atoms with E-state index in [-0.39, 0.29) is 5.76 Å². The fourth-order valence-electron chi connectivity index (χ4n) is 1.81. The fourth-order valence-corrected chi connectivity index (χ4v) is 1.81. The zero-order chi connectivity index (χ0) is 15.2. The lowest BCUT2D eigenvalue weighted by atomic mass is 10.2. The number of benzene rings is 2. The molecule has 0 saturated carbocycles. The van der Waals surface area contributed by atoms with Gasteiger partial charge in [0.05, 0.1) is 7.11 Å². The highest BCUT2D eigenvalue weighted by atomic mass is 16.5. The van der Waals surface area contributed by atoms with Crippen LogP contribution in [0.5, 0.6) is 11.5 Å². The molecule has 0 aromatic heterocycles. The SMILES string of the molecule is COc1ccc(/C=C(\Oc2cccc(C)c2)C(N)=O)cc1. The number of carbonyl (C=O) groups excluding carboxylic acids is 1. The van der Waals surface area contributed by atoms with E-state index < -0.39 is 5.91 Å². The molecule has 0 unspecified atom stereocenters. The van der Waals surface area contributed by atoms with E-state index in [9.17, 15) is 4.79 Å². The highest BCUT2D eigenvalue weighted by Crippen LogP contribution is 2.18. The molecule has 1 amide bonds. The Kier molecular flexibility index (Phi) is 4.61. The van der Waals surface area contributed by atoms with Crippen LogP contribution in [0.1, 0.15) is 11.1 Å². The monoisotopic (exact) mass is 283 g/mol. The highest BCUT2D eigenvalue weighted by molar-refractivity contribution is 5.95. The maximum Gasteiger partial charge on any atom is 0.284 e. The Morgan fingerprint density at radius 3 is 2.38 bits per heavy atom. The van der Waals surface area contributed by atoms with Crippen molar-refractivity contribution in [1.29, 1.82) is 0 Å². The lowest BCUT2D eigenvalue weighted by Crippen LogP contribution is -2.18. The lowest BCUT2D eigenvalue weighted by molar-refractivity contribution is -0.116. The largest absolute Gasteiger partial charge is 0.497 e. The van der Waals surface area contributed by atoms with Crippen molar-refractivity contribution in [2.45, 2.75) is 6.92 Å². The van der Waals surface area contributed by atoms with Crippen LogP contribution in [-0.2, 0) is 4.79 Å². The van der Waals surface area contributed by atoms with E-state index >= 15 is 0 Å². The van der Waals surface area contributed by atoms with Crippen LogP contribution in [0.4, 0.5) is 0 Å². The number of primary amides is 1. The van der Waals surface area contributed by atoms with Crippen molar-refractivity contribution in [3.63, 3.8) is 0 Å². The number of ether oxygens (including phenoxy) is 2. The summed E-state index contributed by atoms with van der Waals surface area (Å²) in [5, 5.41) is 0. The Morgan fingerprint density at radius 1 is 1.10 bits per heavy atom. The third-order valence-electron chi connectivity index (χ3n) is 2.87.